The average molecular weight is 649 g/mol. The maximum atomic E-state index is 12.4. The molecular weight excluding hydrogens is 612 g/mol. The molecule has 1 aromatic rings. The van der Waals surface area contributed by atoms with Crippen molar-refractivity contribution in [2.24, 2.45) is 0 Å². The van der Waals surface area contributed by atoms with Crippen molar-refractivity contribution in [3.05, 3.63) is 27.8 Å². The molecule has 3 N–H and O–H groups in total. The first kappa shape index (κ1) is 31.0. The summed E-state index contributed by atoms with van der Waals surface area (Å²) < 4.78 is -0.634. The number of benzene rings is 1. The Morgan fingerprint density at radius 1 is 0.879 bits per heavy atom. The molecule has 0 saturated heterocycles. The van der Waals surface area contributed by atoms with Gasteiger partial charge < -0.3 is 16.0 Å². The van der Waals surface area contributed by atoms with Gasteiger partial charge in [0.25, 0.3) is 0 Å². The summed E-state index contributed by atoms with van der Waals surface area (Å²) in [6.07, 6.45) is 14.4. The third kappa shape index (κ3) is 16.3. The Labute approximate surface area is 233 Å². The lowest BCUT2D eigenvalue weighted by atomic mass is 10.0. The second kappa shape index (κ2) is 18.3. The van der Waals surface area contributed by atoms with Gasteiger partial charge in [-0.3, -0.25) is 4.79 Å². The summed E-state index contributed by atoms with van der Waals surface area (Å²) in [6, 6.07) is 7.70. The Kier molecular flexibility index (Phi) is 17.2. The normalized spacial score (nSPS) is 12.3. The van der Waals surface area contributed by atoms with Crippen molar-refractivity contribution in [1.29, 1.82) is 0 Å². The quantitative estimate of drug-likeness (QED) is 0.0554. The molecule has 0 fully saturated rings. The molecule has 0 unspecified atom stereocenters. The molecular formula is C24H37Cl3IN3OS. The minimum atomic E-state index is -1.75. The van der Waals surface area contributed by atoms with E-state index in [1.54, 1.807) is 0 Å². The smallest absolute Gasteiger partial charge is 0.228 e. The summed E-state index contributed by atoms with van der Waals surface area (Å²) in [5.41, 5.74) is 0.804. The van der Waals surface area contributed by atoms with Gasteiger partial charge in [-0.2, -0.15) is 0 Å². The van der Waals surface area contributed by atoms with Crippen LogP contribution in [0.5, 0.6) is 0 Å². The van der Waals surface area contributed by atoms with E-state index in [1.165, 1.54) is 57.8 Å². The predicted octanol–water partition coefficient (Wildman–Crippen LogP) is 8.48. The lowest BCUT2D eigenvalue weighted by molar-refractivity contribution is -0.122. The maximum absolute atomic E-state index is 12.4. The van der Waals surface area contributed by atoms with Crippen molar-refractivity contribution in [3.63, 3.8) is 0 Å². The van der Waals surface area contributed by atoms with E-state index < -0.39 is 9.96 Å². The Morgan fingerprint density at radius 2 is 1.36 bits per heavy atom. The van der Waals surface area contributed by atoms with Gasteiger partial charge in [-0.05, 0) is 65.5 Å². The summed E-state index contributed by atoms with van der Waals surface area (Å²) in [5.74, 6) is -0.164. The number of amides is 1. The molecule has 188 valence electrons. The van der Waals surface area contributed by atoms with Crippen molar-refractivity contribution >= 4 is 86.3 Å². The van der Waals surface area contributed by atoms with E-state index in [9.17, 15) is 4.79 Å². The standard InChI is InChI=1S/C24H37Cl3IN3OS/c1-2-3-4-5-6-7-8-9-10-11-12-13-14-21(32)30-22(24(25,26)27)31-23(33)29-20-17-15-19(28)16-18-20/h15-18,22H,2-14H2,1H3,(H,30,32)(H2,29,31,33)/t22-/m1/s1. The topological polar surface area (TPSA) is 53.2 Å². The summed E-state index contributed by atoms with van der Waals surface area (Å²) in [5, 5.41) is 8.93. The molecule has 1 amide bonds. The van der Waals surface area contributed by atoms with Gasteiger partial charge in [-0.15, -0.1) is 0 Å². The predicted molar refractivity (Wildman–Crippen MR) is 156 cm³/mol. The number of hydrogen-bond acceptors (Lipinski definition) is 2. The SMILES string of the molecule is CCCCCCCCCCCCCCC(=O)N[C@H](NC(=S)Nc1ccc(I)cc1)C(Cl)(Cl)Cl. The lowest BCUT2D eigenvalue weighted by Crippen LogP contribution is -2.56. The van der Waals surface area contributed by atoms with Crippen LogP contribution in [0.15, 0.2) is 24.3 Å². The largest absolute Gasteiger partial charge is 0.339 e. The van der Waals surface area contributed by atoms with Crippen LogP contribution in [0.4, 0.5) is 5.69 Å². The zero-order valence-corrected chi connectivity index (χ0v) is 24.6. The fraction of sp³-hybridized carbons (Fsp3) is 0.667. The number of halogens is 4. The van der Waals surface area contributed by atoms with E-state index in [-0.39, 0.29) is 11.0 Å². The highest BCUT2D eigenvalue weighted by molar-refractivity contribution is 14.1. The summed E-state index contributed by atoms with van der Waals surface area (Å²) in [6.45, 7) is 2.25. The fourth-order valence-corrected chi connectivity index (χ4v) is 4.31. The molecule has 0 heterocycles. The number of alkyl halides is 3. The highest BCUT2D eigenvalue weighted by Gasteiger charge is 2.34. The van der Waals surface area contributed by atoms with Crippen LogP contribution in [0.1, 0.15) is 90.4 Å². The third-order valence-electron chi connectivity index (χ3n) is 5.27. The zero-order valence-electron chi connectivity index (χ0n) is 19.4. The number of rotatable bonds is 16. The lowest BCUT2D eigenvalue weighted by Gasteiger charge is -2.27. The number of carbonyl (C=O) groups is 1. The molecule has 0 bridgehead atoms. The number of carbonyl (C=O) groups excluding carboxylic acids is 1. The number of hydrogen-bond donors (Lipinski definition) is 3. The van der Waals surface area contributed by atoms with E-state index in [1.807, 2.05) is 24.3 Å². The second-order valence-electron chi connectivity index (χ2n) is 8.29. The minimum absolute atomic E-state index is 0.164. The minimum Gasteiger partial charge on any atom is -0.339 e. The van der Waals surface area contributed by atoms with Crippen LogP contribution in [0.3, 0.4) is 0 Å². The van der Waals surface area contributed by atoms with Crippen LogP contribution in [-0.2, 0) is 4.79 Å². The van der Waals surface area contributed by atoms with Crippen LogP contribution in [0, 0.1) is 3.57 Å². The van der Waals surface area contributed by atoms with Gasteiger partial charge in [0.1, 0.15) is 6.17 Å². The van der Waals surface area contributed by atoms with Crippen LogP contribution in [0.2, 0.25) is 0 Å². The molecule has 0 aliphatic carbocycles. The Hall–Kier alpha value is -0.0200. The van der Waals surface area contributed by atoms with Crippen LogP contribution in [-0.4, -0.2) is 21.0 Å². The van der Waals surface area contributed by atoms with E-state index in [0.717, 1.165) is 28.5 Å². The molecule has 4 nitrogen and oxygen atoms in total. The van der Waals surface area contributed by atoms with Gasteiger partial charge in [0.15, 0.2) is 5.11 Å². The van der Waals surface area contributed by atoms with Gasteiger partial charge in [0, 0.05) is 15.7 Å². The van der Waals surface area contributed by atoms with Crippen LogP contribution < -0.4 is 16.0 Å². The molecule has 33 heavy (non-hydrogen) atoms. The van der Waals surface area contributed by atoms with E-state index in [4.69, 9.17) is 47.0 Å². The first-order valence-corrected chi connectivity index (χ1v) is 14.5. The van der Waals surface area contributed by atoms with Crippen molar-refractivity contribution in [2.45, 2.75) is 100 Å². The van der Waals surface area contributed by atoms with E-state index in [0.29, 0.717) is 6.42 Å². The highest BCUT2D eigenvalue weighted by Crippen LogP contribution is 2.29. The summed E-state index contributed by atoms with van der Waals surface area (Å²) in [4.78, 5) is 12.4. The first-order chi connectivity index (χ1) is 15.7. The fourth-order valence-electron chi connectivity index (χ4n) is 3.39. The molecule has 1 rings (SSSR count). The summed E-state index contributed by atoms with van der Waals surface area (Å²) in [7, 11) is 0. The second-order valence-corrected chi connectivity index (χ2v) is 12.3. The molecule has 0 saturated carbocycles. The number of anilines is 1. The number of thiocarbonyl (C=S) groups is 1. The molecule has 1 aromatic carbocycles. The van der Waals surface area contributed by atoms with Crippen molar-refractivity contribution in [2.75, 3.05) is 5.32 Å². The van der Waals surface area contributed by atoms with Gasteiger partial charge in [-0.25, -0.2) is 0 Å². The van der Waals surface area contributed by atoms with Gasteiger partial charge in [0.05, 0.1) is 0 Å². The molecule has 9 heteroatoms. The monoisotopic (exact) mass is 647 g/mol. The Bertz CT molecular complexity index is 687. The van der Waals surface area contributed by atoms with Crippen LogP contribution >= 0.6 is 69.6 Å². The van der Waals surface area contributed by atoms with Gasteiger partial charge >= 0.3 is 0 Å². The Morgan fingerprint density at radius 3 is 1.85 bits per heavy atom. The summed E-state index contributed by atoms with van der Waals surface area (Å²) >= 11 is 25.7. The molecule has 0 aromatic heterocycles. The number of nitrogens with one attached hydrogen (secondary N) is 3. The van der Waals surface area contributed by atoms with Crippen LogP contribution in [0.25, 0.3) is 0 Å². The molecule has 1 atom stereocenters. The van der Waals surface area contributed by atoms with Crippen molar-refractivity contribution < 1.29 is 4.79 Å². The number of unbranched alkanes of at least 4 members (excludes halogenated alkanes) is 11. The van der Waals surface area contributed by atoms with E-state index in [2.05, 4.69) is 45.5 Å². The molecule has 0 aliphatic heterocycles. The zero-order chi connectivity index (χ0) is 24.5. The van der Waals surface area contributed by atoms with E-state index >= 15 is 0 Å². The first-order valence-electron chi connectivity index (χ1n) is 11.9. The van der Waals surface area contributed by atoms with Crippen molar-refractivity contribution in [1.82, 2.24) is 10.6 Å². The van der Waals surface area contributed by atoms with Gasteiger partial charge in [0.2, 0.25) is 9.70 Å². The maximum Gasteiger partial charge on any atom is 0.228 e. The Balaban J connectivity index is 2.21. The highest BCUT2D eigenvalue weighted by atomic mass is 127. The van der Waals surface area contributed by atoms with Crippen molar-refractivity contribution in [3.8, 4) is 0 Å². The third-order valence-corrected chi connectivity index (χ3v) is 6.86. The average Bonchev–Trinajstić information content (AvgIpc) is 2.75. The van der Waals surface area contributed by atoms with Gasteiger partial charge in [-0.1, -0.05) is 112 Å². The molecule has 0 spiro atoms. The molecule has 0 radical (unpaired) electrons. The molecule has 0 aliphatic rings.